The number of thioether (sulfide) groups is 1. The van der Waals surface area contributed by atoms with Crippen molar-refractivity contribution >= 4 is 23.8 Å². The molecule has 10 heteroatoms. The summed E-state index contributed by atoms with van der Waals surface area (Å²) in [7, 11) is 4.54. The Labute approximate surface area is 186 Å². The number of ether oxygens (including phenoxy) is 4. The predicted octanol–water partition coefficient (Wildman–Crippen LogP) is 1.93. The number of nitrogens with zero attached hydrogens (tertiary/aromatic N) is 1. The van der Waals surface area contributed by atoms with Crippen LogP contribution in [0.25, 0.3) is 0 Å². The zero-order valence-electron chi connectivity index (χ0n) is 18.3. The first-order chi connectivity index (χ1) is 15.0. The van der Waals surface area contributed by atoms with E-state index in [0.29, 0.717) is 40.6 Å². The largest absolute Gasteiger partial charge is 0.493 e. The molecule has 9 nitrogen and oxygen atoms in total. The quantitative estimate of drug-likeness (QED) is 0.579. The van der Waals surface area contributed by atoms with Gasteiger partial charge in [0.2, 0.25) is 5.75 Å². The van der Waals surface area contributed by atoms with E-state index in [0.717, 1.165) is 24.6 Å². The number of hydrogen-bond acceptors (Lipinski definition) is 8. The summed E-state index contributed by atoms with van der Waals surface area (Å²) in [5, 5.41) is 5.67. The smallest absolute Gasteiger partial charge is 0.338 e. The van der Waals surface area contributed by atoms with E-state index in [1.54, 1.807) is 19.1 Å². The van der Waals surface area contributed by atoms with E-state index in [4.69, 9.17) is 18.9 Å². The number of nitrogens with one attached hydrogen (secondary N) is 2. The molecule has 0 aliphatic carbocycles. The fourth-order valence-corrected chi connectivity index (χ4v) is 4.74. The average molecular weight is 452 g/mol. The summed E-state index contributed by atoms with van der Waals surface area (Å²) in [4.78, 5) is 27.8. The summed E-state index contributed by atoms with van der Waals surface area (Å²) in [6.07, 6.45) is 0. The molecule has 1 atom stereocenters. The van der Waals surface area contributed by atoms with Crippen molar-refractivity contribution in [2.24, 2.45) is 0 Å². The van der Waals surface area contributed by atoms with Crippen LogP contribution in [0.1, 0.15) is 18.5 Å². The number of carbonyl (C=O) groups excluding carboxylic acids is 2. The molecule has 31 heavy (non-hydrogen) atoms. The zero-order valence-corrected chi connectivity index (χ0v) is 19.1. The lowest BCUT2D eigenvalue weighted by molar-refractivity contribution is -0.139. The Bertz CT molecular complexity index is 854. The van der Waals surface area contributed by atoms with Gasteiger partial charge in [-0.2, -0.15) is 11.8 Å². The van der Waals surface area contributed by atoms with Gasteiger partial charge in [-0.15, -0.1) is 0 Å². The molecule has 0 aromatic heterocycles. The van der Waals surface area contributed by atoms with Gasteiger partial charge in [-0.3, -0.25) is 4.90 Å². The van der Waals surface area contributed by atoms with Gasteiger partial charge in [0.25, 0.3) is 0 Å². The van der Waals surface area contributed by atoms with Gasteiger partial charge in [-0.1, -0.05) is 0 Å². The second kappa shape index (κ2) is 10.6. The molecule has 2 N–H and O–H groups in total. The minimum atomic E-state index is -0.767. The number of rotatable bonds is 8. The van der Waals surface area contributed by atoms with Crippen LogP contribution in [0.4, 0.5) is 4.79 Å². The third kappa shape index (κ3) is 5.01. The molecule has 2 heterocycles. The lowest BCUT2D eigenvalue weighted by Crippen LogP contribution is -2.49. The van der Waals surface area contributed by atoms with Crippen molar-refractivity contribution in [3.8, 4) is 17.2 Å². The number of urea groups is 1. The van der Waals surface area contributed by atoms with Crippen molar-refractivity contribution in [1.82, 2.24) is 15.5 Å². The SMILES string of the molecule is CCOC(=O)C1=C(CN2CCSCC2)NC(=O)NC1c1ccc(OC)c(OC)c1OC. The van der Waals surface area contributed by atoms with Crippen LogP contribution in [0.5, 0.6) is 17.2 Å². The Morgan fingerprint density at radius 3 is 2.45 bits per heavy atom. The molecule has 0 bridgehead atoms. The Morgan fingerprint density at radius 2 is 1.84 bits per heavy atom. The van der Waals surface area contributed by atoms with Crippen LogP contribution in [0.15, 0.2) is 23.4 Å². The van der Waals surface area contributed by atoms with Gasteiger partial charge >= 0.3 is 12.0 Å². The lowest BCUT2D eigenvalue weighted by atomic mass is 9.93. The molecule has 1 aromatic rings. The first kappa shape index (κ1) is 23.1. The van der Waals surface area contributed by atoms with Gasteiger partial charge < -0.3 is 29.6 Å². The van der Waals surface area contributed by atoms with Crippen LogP contribution in [0.3, 0.4) is 0 Å². The molecule has 2 amide bonds. The van der Waals surface area contributed by atoms with Gasteiger partial charge in [0, 0.05) is 42.4 Å². The molecule has 170 valence electrons. The highest BCUT2D eigenvalue weighted by atomic mass is 32.2. The maximum atomic E-state index is 13.0. The molecule has 1 aromatic carbocycles. The van der Waals surface area contributed by atoms with Gasteiger partial charge in [0.05, 0.1) is 39.6 Å². The van der Waals surface area contributed by atoms with Crippen molar-refractivity contribution in [2.75, 3.05) is 59.1 Å². The Balaban J connectivity index is 2.11. The first-order valence-corrected chi connectivity index (χ1v) is 11.3. The maximum Gasteiger partial charge on any atom is 0.338 e. The minimum Gasteiger partial charge on any atom is -0.493 e. The summed E-state index contributed by atoms with van der Waals surface area (Å²) >= 11 is 1.90. The zero-order chi connectivity index (χ0) is 22.4. The normalized spacial score (nSPS) is 19.4. The summed E-state index contributed by atoms with van der Waals surface area (Å²) in [5.74, 6) is 2.79. The number of methoxy groups -OCH3 is 3. The van der Waals surface area contributed by atoms with Gasteiger partial charge in [0.1, 0.15) is 0 Å². The highest BCUT2D eigenvalue weighted by molar-refractivity contribution is 7.99. The van der Waals surface area contributed by atoms with E-state index in [-0.39, 0.29) is 6.61 Å². The number of carbonyl (C=O) groups is 2. The molecule has 0 spiro atoms. The highest BCUT2D eigenvalue weighted by Gasteiger charge is 2.37. The second-order valence-corrected chi connectivity index (χ2v) is 8.18. The number of amides is 2. The van der Waals surface area contributed by atoms with Crippen molar-refractivity contribution in [3.05, 3.63) is 29.0 Å². The molecule has 2 aliphatic heterocycles. The summed E-state index contributed by atoms with van der Waals surface area (Å²) in [6, 6.07) is 2.31. The second-order valence-electron chi connectivity index (χ2n) is 6.96. The first-order valence-electron chi connectivity index (χ1n) is 10.1. The number of benzene rings is 1. The number of hydrogen-bond donors (Lipinski definition) is 2. The standard InChI is InChI=1S/C21H29N3O6S/c1-5-30-20(25)16-14(12-24-8-10-31-11-9-24)22-21(26)23-17(16)13-6-7-15(27-2)19(29-4)18(13)28-3/h6-7,17H,5,8-12H2,1-4H3,(H2,22,23,26). The van der Waals surface area contributed by atoms with Crippen molar-refractivity contribution in [3.63, 3.8) is 0 Å². The van der Waals surface area contributed by atoms with Gasteiger partial charge in [-0.05, 0) is 19.1 Å². The van der Waals surface area contributed by atoms with Crippen LogP contribution in [-0.2, 0) is 9.53 Å². The molecule has 1 saturated heterocycles. The number of esters is 1. The highest BCUT2D eigenvalue weighted by Crippen LogP contribution is 2.44. The molecule has 1 fully saturated rings. The molecular weight excluding hydrogens is 422 g/mol. The minimum absolute atomic E-state index is 0.222. The monoisotopic (exact) mass is 451 g/mol. The third-order valence-corrected chi connectivity index (χ3v) is 6.12. The third-order valence-electron chi connectivity index (χ3n) is 5.18. The van der Waals surface area contributed by atoms with Crippen LogP contribution >= 0.6 is 11.8 Å². The van der Waals surface area contributed by atoms with Crippen molar-refractivity contribution in [1.29, 1.82) is 0 Å². The molecule has 3 rings (SSSR count). The van der Waals surface area contributed by atoms with Gasteiger partial charge in [-0.25, -0.2) is 9.59 Å². The van der Waals surface area contributed by atoms with Crippen LogP contribution in [0.2, 0.25) is 0 Å². The lowest BCUT2D eigenvalue weighted by Gasteiger charge is -2.33. The molecule has 0 saturated carbocycles. The van der Waals surface area contributed by atoms with Crippen molar-refractivity contribution in [2.45, 2.75) is 13.0 Å². The fourth-order valence-electron chi connectivity index (χ4n) is 3.76. The van der Waals surface area contributed by atoms with Crippen LogP contribution < -0.4 is 24.8 Å². The van der Waals surface area contributed by atoms with Crippen molar-refractivity contribution < 1.29 is 28.5 Å². The average Bonchev–Trinajstić information content (AvgIpc) is 2.78. The van der Waals surface area contributed by atoms with E-state index in [2.05, 4.69) is 15.5 Å². The predicted molar refractivity (Wildman–Crippen MR) is 118 cm³/mol. The van der Waals surface area contributed by atoms with E-state index in [1.807, 2.05) is 11.8 Å². The van der Waals surface area contributed by atoms with E-state index in [9.17, 15) is 9.59 Å². The molecule has 0 radical (unpaired) electrons. The van der Waals surface area contributed by atoms with E-state index < -0.39 is 18.0 Å². The Morgan fingerprint density at radius 1 is 1.13 bits per heavy atom. The van der Waals surface area contributed by atoms with E-state index >= 15 is 0 Å². The van der Waals surface area contributed by atoms with Crippen LogP contribution in [-0.4, -0.2) is 76.0 Å². The summed E-state index contributed by atoms with van der Waals surface area (Å²) in [6.45, 7) is 4.20. The maximum absolute atomic E-state index is 13.0. The molecular formula is C21H29N3O6S. The molecule has 1 unspecified atom stereocenters. The van der Waals surface area contributed by atoms with Gasteiger partial charge in [0.15, 0.2) is 11.5 Å². The Kier molecular flexibility index (Phi) is 7.91. The van der Waals surface area contributed by atoms with E-state index in [1.165, 1.54) is 21.3 Å². The summed E-state index contributed by atoms with van der Waals surface area (Å²) in [5.41, 5.74) is 1.46. The Hall–Kier alpha value is -2.59. The molecule has 2 aliphatic rings. The fraction of sp³-hybridized carbons (Fsp3) is 0.524. The topological polar surface area (TPSA) is 98.4 Å². The van der Waals surface area contributed by atoms with Crippen LogP contribution in [0, 0.1) is 0 Å². The summed E-state index contributed by atoms with van der Waals surface area (Å²) < 4.78 is 21.8.